The smallest absolute Gasteiger partial charge is 0.254 e. The molecule has 0 N–H and O–H groups in total. The van der Waals surface area contributed by atoms with Crippen molar-refractivity contribution in [1.29, 1.82) is 5.26 Å². The summed E-state index contributed by atoms with van der Waals surface area (Å²) >= 11 is 0. The van der Waals surface area contributed by atoms with Crippen LogP contribution >= 0.6 is 0 Å². The van der Waals surface area contributed by atoms with Crippen molar-refractivity contribution in [2.45, 2.75) is 6.61 Å². The Morgan fingerprint density at radius 3 is 2.64 bits per heavy atom. The summed E-state index contributed by atoms with van der Waals surface area (Å²) in [6, 6.07) is 14.7. The molecule has 2 aromatic carbocycles. The highest BCUT2D eigenvalue weighted by Crippen LogP contribution is 2.20. The van der Waals surface area contributed by atoms with E-state index in [-0.39, 0.29) is 24.2 Å². The van der Waals surface area contributed by atoms with E-state index < -0.39 is 0 Å². The number of benzene rings is 2. The van der Waals surface area contributed by atoms with Crippen molar-refractivity contribution in [2.75, 3.05) is 0 Å². The van der Waals surface area contributed by atoms with Crippen LogP contribution in [0.1, 0.15) is 11.5 Å². The second kappa shape index (κ2) is 6.06. The van der Waals surface area contributed by atoms with E-state index in [1.807, 2.05) is 6.07 Å². The maximum absolute atomic E-state index is 12.9. The summed E-state index contributed by atoms with van der Waals surface area (Å²) in [7, 11) is 0. The highest BCUT2D eigenvalue weighted by molar-refractivity contribution is 5.51. The lowest BCUT2D eigenvalue weighted by atomic mass is 10.2. The first-order valence-electron chi connectivity index (χ1n) is 6.46. The molecule has 22 heavy (non-hydrogen) atoms. The minimum absolute atomic E-state index is 0.0485. The zero-order chi connectivity index (χ0) is 15.4. The average molecular weight is 295 g/mol. The number of nitrogens with zero attached hydrogens (tertiary/aromatic N) is 3. The largest absolute Gasteiger partial charge is 0.482 e. The predicted octanol–water partition coefficient (Wildman–Crippen LogP) is 3.33. The number of ether oxygens (including phenoxy) is 1. The SMILES string of the molecule is N#Cc1ccccc1OCc1nnc(-c2ccc(F)cc2)o1. The molecule has 0 aliphatic rings. The van der Waals surface area contributed by atoms with Gasteiger partial charge in [-0.05, 0) is 36.4 Å². The molecule has 6 heteroatoms. The molecule has 0 amide bonds. The fourth-order valence-corrected chi connectivity index (χ4v) is 1.85. The highest BCUT2D eigenvalue weighted by Gasteiger charge is 2.10. The second-order valence-corrected chi connectivity index (χ2v) is 4.40. The van der Waals surface area contributed by atoms with Gasteiger partial charge in [0.25, 0.3) is 5.89 Å². The second-order valence-electron chi connectivity index (χ2n) is 4.40. The highest BCUT2D eigenvalue weighted by atomic mass is 19.1. The van der Waals surface area contributed by atoms with Crippen molar-refractivity contribution < 1.29 is 13.5 Å². The van der Waals surface area contributed by atoms with Gasteiger partial charge in [-0.25, -0.2) is 4.39 Å². The van der Waals surface area contributed by atoms with E-state index in [0.29, 0.717) is 16.9 Å². The van der Waals surface area contributed by atoms with Crippen LogP contribution < -0.4 is 4.74 Å². The molecule has 0 aliphatic carbocycles. The zero-order valence-electron chi connectivity index (χ0n) is 11.4. The van der Waals surface area contributed by atoms with E-state index in [1.54, 1.807) is 36.4 Å². The van der Waals surface area contributed by atoms with Gasteiger partial charge in [0.05, 0.1) is 5.56 Å². The van der Waals surface area contributed by atoms with Gasteiger partial charge in [-0.2, -0.15) is 5.26 Å². The van der Waals surface area contributed by atoms with Gasteiger partial charge in [0.2, 0.25) is 5.89 Å². The third kappa shape index (κ3) is 2.94. The van der Waals surface area contributed by atoms with Crippen molar-refractivity contribution in [3.05, 3.63) is 65.8 Å². The number of halogens is 1. The van der Waals surface area contributed by atoms with Gasteiger partial charge in [0.1, 0.15) is 17.6 Å². The van der Waals surface area contributed by atoms with Crippen molar-refractivity contribution in [1.82, 2.24) is 10.2 Å². The first kappa shape index (κ1) is 13.8. The number of hydrogen-bond acceptors (Lipinski definition) is 5. The van der Waals surface area contributed by atoms with Crippen LogP contribution in [0, 0.1) is 17.1 Å². The van der Waals surface area contributed by atoms with E-state index >= 15 is 0 Å². The summed E-state index contributed by atoms with van der Waals surface area (Å²) in [5.41, 5.74) is 1.05. The van der Waals surface area contributed by atoms with Crippen molar-refractivity contribution in [2.24, 2.45) is 0 Å². The Morgan fingerprint density at radius 1 is 1.09 bits per heavy atom. The number of hydrogen-bond donors (Lipinski definition) is 0. The molecule has 0 radical (unpaired) electrons. The van der Waals surface area contributed by atoms with Crippen molar-refractivity contribution in [3.8, 4) is 23.3 Å². The topological polar surface area (TPSA) is 71.9 Å². The Balaban J connectivity index is 1.72. The van der Waals surface area contributed by atoms with E-state index in [1.165, 1.54) is 12.1 Å². The summed E-state index contributed by atoms with van der Waals surface area (Å²) < 4.78 is 23.8. The van der Waals surface area contributed by atoms with E-state index in [9.17, 15) is 4.39 Å². The molecule has 0 saturated carbocycles. The Bertz CT molecular complexity index is 822. The molecular weight excluding hydrogens is 285 g/mol. The molecular formula is C16H10FN3O2. The van der Waals surface area contributed by atoms with Crippen LogP contribution in [0.5, 0.6) is 5.75 Å². The van der Waals surface area contributed by atoms with E-state index in [2.05, 4.69) is 10.2 Å². The van der Waals surface area contributed by atoms with Gasteiger partial charge in [-0.3, -0.25) is 0 Å². The lowest BCUT2D eigenvalue weighted by Crippen LogP contribution is -1.97. The quantitative estimate of drug-likeness (QED) is 0.738. The Morgan fingerprint density at radius 2 is 1.86 bits per heavy atom. The van der Waals surface area contributed by atoms with Crippen LogP contribution in [-0.4, -0.2) is 10.2 Å². The lowest BCUT2D eigenvalue weighted by molar-refractivity contribution is 0.264. The third-order valence-electron chi connectivity index (χ3n) is 2.92. The van der Waals surface area contributed by atoms with Crippen molar-refractivity contribution >= 4 is 0 Å². The summed E-state index contributed by atoms with van der Waals surface area (Å²) in [5, 5.41) is 16.7. The Hall–Kier alpha value is -3.20. The summed E-state index contributed by atoms with van der Waals surface area (Å²) in [4.78, 5) is 0. The summed E-state index contributed by atoms with van der Waals surface area (Å²) in [6.45, 7) is 0.0485. The Labute approximate surface area is 125 Å². The molecule has 3 aromatic rings. The Kier molecular flexibility index (Phi) is 3.79. The monoisotopic (exact) mass is 295 g/mol. The lowest BCUT2D eigenvalue weighted by Gasteiger charge is -2.04. The number of para-hydroxylation sites is 1. The first-order valence-corrected chi connectivity index (χ1v) is 6.46. The van der Waals surface area contributed by atoms with Gasteiger partial charge < -0.3 is 9.15 Å². The van der Waals surface area contributed by atoms with Crippen LogP contribution in [0.15, 0.2) is 52.9 Å². The number of aromatic nitrogens is 2. The molecule has 0 spiro atoms. The maximum Gasteiger partial charge on any atom is 0.254 e. The number of nitriles is 1. The third-order valence-corrected chi connectivity index (χ3v) is 2.92. The molecule has 5 nitrogen and oxygen atoms in total. The van der Waals surface area contributed by atoms with Gasteiger partial charge in [-0.1, -0.05) is 12.1 Å². The predicted molar refractivity (Wildman–Crippen MR) is 75.2 cm³/mol. The van der Waals surface area contributed by atoms with Crippen LogP contribution in [0.2, 0.25) is 0 Å². The van der Waals surface area contributed by atoms with Crippen LogP contribution in [0.25, 0.3) is 11.5 Å². The van der Waals surface area contributed by atoms with Crippen molar-refractivity contribution in [3.63, 3.8) is 0 Å². The maximum atomic E-state index is 12.9. The van der Waals surface area contributed by atoms with Gasteiger partial charge in [0, 0.05) is 5.56 Å². The standard InChI is InChI=1S/C16H10FN3O2/c17-13-7-5-11(6-8-13)16-20-19-15(22-16)10-21-14-4-2-1-3-12(14)9-18/h1-8H,10H2. The summed E-state index contributed by atoms with van der Waals surface area (Å²) in [6.07, 6.45) is 0. The normalized spacial score (nSPS) is 10.2. The fourth-order valence-electron chi connectivity index (χ4n) is 1.85. The van der Waals surface area contributed by atoms with Crippen LogP contribution in [-0.2, 0) is 6.61 Å². The fraction of sp³-hybridized carbons (Fsp3) is 0.0625. The molecule has 0 saturated heterocycles. The van der Waals surface area contributed by atoms with Gasteiger partial charge in [0.15, 0.2) is 6.61 Å². The van der Waals surface area contributed by atoms with Gasteiger partial charge >= 0.3 is 0 Å². The average Bonchev–Trinajstić information content (AvgIpc) is 3.03. The minimum atomic E-state index is -0.333. The molecule has 0 aliphatic heterocycles. The molecule has 3 rings (SSSR count). The van der Waals surface area contributed by atoms with E-state index in [4.69, 9.17) is 14.4 Å². The zero-order valence-corrected chi connectivity index (χ0v) is 11.4. The van der Waals surface area contributed by atoms with E-state index in [0.717, 1.165) is 0 Å². The minimum Gasteiger partial charge on any atom is -0.482 e. The van der Waals surface area contributed by atoms with Crippen LogP contribution in [0.3, 0.4) is 0 Å². The summed E-state index contributed by atoms with van der Waals surface area (Å²) in [5.74, 6) is 0.672. The molecule has 1 heterocycles. The molecule has 0 atom stereocenters. The molecule has 0 unspecified atom stereocenters. The molecule has 0 fully saturated rings. The molecule has 108 valence electrons. The molecule has 1 aromatic heterocycles. The molecule has 0 bridgehead atoms. The first-order chi connectivity index (χ1) is 10.8. The number of rotatable bonds is 4. The van der Waals surface area contributed by atoms with Gasteiger partial charge in [-0.15, -0.1) is 10.2 Å². The van der Waals surface area contributed by atoms with Crippen LogP contribution in [0.4, 0.5) is 4.39 Å².